The predicted molar refractivity (Wildman–Crippen MR) is 56.2 cm³/mol. The number of nitrogens with two attached hydrogens (primary N) is 1. The van der Waals surface area contributed by atoms with Crippen molar-refractivity contribution in [1.29, 1.82) is 0 Å². The quantitative estimate of drug-likeness (QED) is 0.876. The minimum absolute atomic E-state index is 0.0594. The molecule has 17 heavy (non-hydrogen) atoms. The SMILES string of the molecule is NCCc1noc(Cc2c(F)cccc2F)n1. The van der Waals surface area contributed by atoms with Crippen molar-refractivity contribution >= 4 is 0 Å². The van der Waals surface area contributed by atoms with Gasteiger partial charge in [0.2, 0.25) is 5.89 Å². The zero-order chi connectivity index (χ0) is 12.3. The van der Waals surface area contributed by atoms with E-state index in [-0.39, 0.29) is 17.9 Å². The molecule has 0 bridgehead atoms. The number of hydrogen-bond acceptors (Lipinski definition) is 4. The number of hydrogen-bond donors (Lipinski definition) is 1. The molecule has 0 spiro atoms. The summed E-state index contributed by atoms with van der Waals surface area (Å²) in [6.07, 6.45) is 0.416. The lowest BCUT2D eigenvalue weighted by atomic mass is 10.1. The van der Waals surface area contributed by atoms with Gasteiger partial charge in [0.25, 0.3) is 0 Å². The van der Waals surface area contributed by atoms with Gasteiger partial charge in [-0.2, -0.15) is 4.98 Å². The maximum Gasteiger partial charge on any atom is 0.231 e. The first kappa shape index (κ1) is 11.7. The zero-order valence-electron chi connectivity index (χ0n) is 8.99. The summed E-state index contributed by atoms with van der Waals surface area (Å²) in [6, 6.07) is 3.69. The van der Waals surface area contributed by atoms with Crippen LogP contribution in [0.2, 0.25) is 0 Å². The lowest BCUT2D eigenvalue weighted by Gasteiger charge is -2.00. The molecule has 0 atom stereocenters. The first-order chi connectivity index (χ1) is 8.20. The summed E-state index contributed by atoms with van der Waals surface area (Å²) in [4.78, 5) is 3.99. The average molecular weight is 239 g/mol. The minimum atomic E-state index is -0.622. The van der Waals surface area contributed by atoms with E-state index in [9.17, 15) is 8.78 Å². The molecule has 1 aromatic carbocycles. The van der Waals surface area contributed by atoms with E-state index in [1.54, 1.807) is 0 Å². The van der Waals surface area contributed by atoms with Crippen molar-refractivity contribution in [2.45, 2.75) is 12.8 Å². The molecular weight excluding hydrogens is 228 g/mol. The van der Waals surface area contributed by atoms with Gasteiger partial charge in [0.15, 0.2) is 5.82 Å². The van der Waals surface area contributed by atoms with E-state index in [2.05, 4.69) is 10.1 Å². The van der Waals surface area contributed by atoms with E-state index >= 15 is 0 Å². The van der Waals surface area contributed by atoms with Gasteiger partial charge in [-0.3, -0.25) is 0 Å². The molecule has 0 amide bonds. The first-order valence-electron chi connectivity index (χ1n) is 5.15. The lowest BCUT2D eigenvalue weighted by molar-refractivity contribution is 0.376. The molecule has 1 heterocycles. The molecule has 0 aliphatic carbocycles. The van der Waals surface area contributed by atoms with Crippen LogP contribution in [0.15, 0.2) is 22.7 Å². The van der Waals surface area contributed by atoms with Crippen molar-refractivity contribution < 1.29 is 13.3 Å². The molecular formula is C11H11F2N3O. The molecule has 0 radical (unpaired) electrons. The predicted octanol–water partition coefficient (Wildman–Crippen LogP) is 1.44. The van der Waals surface area contributed by atoms with E-state index in [0.717, 1.165) is 0 Å². The van der Waals surface area contributed by atoms with E-state index in [1.807, 2.05) is 0 Å². The Bertz CT molecular complexity index is 493. The van der Waals surface area contributed by atoms with Crippen LogP contribution in [0.5, 0.6) is 0 Å². The summed E-state index contributed by atoms with van der Waals surface area (Å²) >= 11 is 0. The molecule has 0 aliphatic heterocycles. The van der Waals surface area contributed by atoms with Crippen molar-refractivity contribution in [3.63, 3.8) is 0 Å². The fourth-order valence-corrected chi connectivity index (χ4v) is 1.45. The summed E-state index contributed by atoms with van der Waals surface area (Å²) < 4.78 is 31.6. The molecule has 2 rings (SSSR count). The highest BCUT2D eigenvalue weighted by Gasteiger charge is 2.13. The smallest absolute Gasteiger partial charge is 0.231 e. The average Bonchev–Trinajstić information content (AvgIpc) is 2.72. The highest BCUT2D eigenvalue weighted by molar-refractivity contribution is 5.22. The zero-order valence-corrected chi connectivity index (χ0v) is 8.99. The molecule has 1 aromatic heterocycles. The number of halogens is 2. The maximum atomic E-state index is 13.3. The number of nitrogens with zero attached hydrogens (tertiary/aromatic N) is 2. The van der Waals surface area contributed by atoms with Gasteiger partial charge in [-0.15, -0.1) is 0 Å². The maximum absolute atomic E-state index is 13.3. The van der Waals surface area contributed by atoms with Gasteiger partial charge in [-0.1, -0.05) is 11.2 Å². The molecule has 0 aliphatic rings. The Morgan fingerprint density at radius 3 is 2.59 bits per heavy atom. The molecule has 0 unspecified atom stereocenters. The summed E-state index contributed by atoms with van der Waals surface area (Å²) in [6.45, 7) is 0.396. The van der Waals surface area contributed by atoms with Crippen LogP contribution in [-0.4, -0.2) is 16.7 Å². The lowest BCUT2D eigenvalue weighted by Crippen LogP contribution is -2.04. The van der Waals surface area contributed by atoms with Gasteiger partial charge in [0, 0.05) is 12.0 Å². The van der Waals surface area contributed by atoms with Crippen LogP contribution < -0.4 is 5.73 Å². The van der Waals surface area contributed by atoms with Crippen molar-refractivity contribution in [2.24, 2.45) is 5.73 Å². The van der Waals surface area contributed by atoms with Gasteiger partial charge >= 0.3 is 0 Å². The molecule has 90 valence electrons. The normalized spacial score (nSPS) is 10.8. The van der Waals surface area contributed by atoms with Gasteiger partial charge < -0.3 is 10.3 Å². The minimum Gasteiger partial charge on any atom is -0.339 e. The molecule has 2 N–H and O–H groups in total. The van der Waals surface area contributed by atoms with Crippen LogP contribution in [-0.2, 0) is 12.8 Å². The van der Waals surface area contributed by atoms with E-state index in [0.29, 0.717) is 18.8 Å². The molecule has 2 aromatic rings. The van der Waals surface area contributed by atoms with Crippen molar-refractivity contribution in [1.82, 2.24) is 10.1 Å². The van der Waals surface area contributed by atoms with Crippen LogP contribution in [0.1, 0.15) is 17.3 Å². The monoisotopic (exact) mass is 239 g/mol. The highest BCUT2D eigenvalue weighted by atomic mass is 19.1. The fourth-order valence-electron chi connectivity index (χ4n) is 1.45. The van der Waals surface area contributed by atoms with Crippen LogP contribution in [0.25, 0.3) is 0 Å². The second-order valence-corrected chi connectivity index (χ2v) is 3.52. The van der Waals surface area contributed by atoms with Gasteiger partial charge in [-0.25, -0.2) is 8.78 Å². The Hall–Kier alpha value is -1.82. The number of benzene rings is 1. The molecule has 0 saturated heterocycles. The summed E-state index contributed by atoms with van der Waals surface area (Å²) in [5.74, 6) is -0.621. The molecule has 0 saturated carbocycles. The largest absolute Gasteiger partial charge is 0.339 e. The summed E-state index contributed by atoms with van der Waals surface area (Å²) in [7, 11) is 0. The Labute approximate surface area is 96.4 Å². The fraction of sp³-hybridized carbons (Fsp3) is 0.273. The van der Waals surface area contributed by atoms with Crippen LogP contribution in [0, 0.1) is 11.6 Å². The Kier molecular flexibility index (Phi) is 3.43. The second-order valence-electron chi connectivity index (χ2n) is 3.52. The second kappa shape index (κ2) is 5.01. The van der Waals surface area contributed by atoms with E-state index in [1.165, 1.54) is 18.2 Å². The third-order valence-electron chi connectivity index (χ3n) is 2.27. The van der Waals surface area contributed by atoms with Gasteiger partial charge in [0.05, 0.1) is 6.42 Å². The standard InChI is InChI=1S/C11H11F2N3O/c12-8-2-1-3-9(13)7(8)6-11-15-10(4-5-14)16-17-11/h1-3H,4-6,14H2. The summed E-state index contributed by atoms with van der Waals surface area (Å²) in [5, 5.41) is 3.65. The van der Waals surface area contributed by atoms with Crippen molar-refractivity contribution in [2.75, 3.05) is 6.54 Å². The van der Waals surface area contributed by atoms with Crippen LogP contribution in [0.3, 0.4) is 0 Å². The van der Waals surface area contributed by atoms with Crippen LogP contribution >= 0.6 is 0 Å². The van der Waals surface area contributed by atoms with Crippen LogP contribution in [0.4, 0.5) is 8.78 Å². The van der Waals surface area contributed by atoms with Crippen molar-refractivity contribution in [3.8, 4) is 0 Å². The topological polar surface area (TPSA) is 64.9 Å². The van der Waals surface area contributed by atoms with E-state index in [4.69, 9.17) is 10.3 Å². The third kappa shape index (κ3) is 2.65. The molecule has 6 heteroatoms. The number of rotatable bonds is 4. The van der Waals surface area contributed by atoms with Gasteiger partial charge in [0.1, 0.15) is 11.6 Å². The highest BCUT2D eigenvalue weighted by Crippen LogP contribution is 2.15. The first-order valence-corrected chi connectivity index (χ1v) is 5.15. The Morgan fingerprint density at radius 2 is 1.94 bits per heavy atom. The van der Waals surface area contributed by atoms with Crippen molar-refractivity contribution in [3.05, 3.63) is 47.1 Å². The Morgan fingerprint density at radius 1 is 1.24 bits per heavy atom. The molecule has 0 fully saturated rings. The molecule has 4 nitrogen and oxygen atoms in total. The Balaban J connectivity index is 2.19. The van der Waals surface area contributed by atoms with Gasteiger partial charge in [-0.05, 0) is 18.7 Å². The summed E-state index contributed by atoms with van der Waals surface area (Å²) in [5.41, 5.74) is 5.26. The third-order valence-corrected chi connectivity index (χ3v) is 2.27. The van der Waals surface area contributed by atoms with E-state index < -0.39 is 11.6 Å². The number of aromatic nitrogens is 2.